The molecule has 0 aliphatic rings. The van der Waals surface area contributed by atoms with Crippen LogP contribution >= 0.6 is 23.2 Å². The zero-order chi connectivity index (χ0) is 38.9. The maximum Gasteiger partial charge on any atom is 0.246 e. The molecule has 55 heavy (non-hydrogen) atoms. The number of aryl methyl sites for hydroxylation is 1. The van der Waals surface area contributed by atoms with Crippen LogP contribution in [0.4, 0.5) is 17.2 Å². The molecule has 6 rings (SSSR count). The first kappa shape index (κ1) is 38.4. The van der Waals surface area contributed by atoms with Crippen molar-refractivity contribution in [2.75, 3.05) is 23.4 Å². The number of hydrogen-bond acceptors (Lipinski definition) is 9. The lowest BCUT2D eigenvalue weighted by molar-refractivity contribution is -0.122. The summed E-state index contributed by atoms with van der Waals surface area (Å²) in [6.45, 7) is 3.29. The van der Waals surface area contributed by atoms with Gasteiger partial charge in [-0.1, -0.05) is 35.3 Å². The second-order valence-corrected chi connectivity index (χ2v) is 13.0. The van der Waals surface area contributed by atoms with Crippen LogP contribution in [0.2, 0.25) is 10.0 Å². The molecule has 0 aliphatic heterocycles. The number of carbonyl (C=O) groups excluding carboxylic acids is 3. The Morgan fingerprint density at radius 1 is 0.873 bits per heavy atom. The fourth-order valence-electron chi connectivity index (χ4n) is 5.55. The summed E-state index contributed by atoms with van der Waals surface area (Å²) in [4.78, 5) is 58.3. The summed E-state index contributed by atoms with van der Waals surface area (Å²) < 4.78 is 12.4. The molecule has 0 radical (unpaired) electrons. The Labute approximate surface area is 327 Å². The average molecular weight is 777 g/mol. The van der Waals surface area contributed by atoms with Crippen molar-refractivity contribution in [1.29, 1.82) is 0 Å². The molecule has 1 N–H and O–H groups in total. The lowest BCUT2D eigenvalue weighted by Gasteiger charge is -2.21. The van der Waals surface area contributed by atoms with Crippen molar-refractivity contribution in [2.24, 2.45) is 0 Å². The largest absolute Gasteiger partial charge is 0.487 e. The number of carbonyl (C=O) groups is 3. The molecular weight excluding hydrogens is 741 g/mol. The second-order valence-electron chi connectivity index (χ2n) is 12.2. The number of fused-ring (bicyclic) bond motifs is 1. The second kappa shape index (κ2) is 17.6. The zero-order valence-corrected chi connectivity index (χ0v) is 31.6. The summed E-state index contributed by atoms with van der Waals surface area (Å²) in [5.74, 6) is 0.431. The first-order valence-corrected chi connectivity index (χ1v) is 17.8. The van der Waals surface area contributed by atoms with E-state index < -0.39 is 11.8 Å². The number of benzene rings is 2. The fraction of sp³-hybridized carbons (Fsp3) is 0.146. The molecule has 0 saturated heterocycles. The van der Waals surface area contributed by atoms with Crippen molar-refractivity contribution >= 4 is 75.1 Å². The summed E-state index contributed by atoms with van der Waals surface area (Å²) in [7, 11) is 1.55. The van der Waals surface area contributed by atoms with Gasteiger partial charge in [0.1, 0.15) is 36.0 Å². The predicted molar refractivity (Wildman–Crippen MR) is 213 cm³/mol. The number of para-hydroxylation sites is 1. The average Bonchev–Trinajstić information content (AvgIpc) is 3.19. The Kier molecular flexibility index (Phi) is 12.3. The first-order valence-electron chi connectivity index (χ1n) is 17.0. The number of amides is 3. The molecule has 12 nitrogen and oxygen atoms in total. The molecule has 278 valence electrons. The van der Waals surface area contributed by atoms with Crippen molar-refractivity contribution in [3.05, 3.63) is 142 Å². The van der Waals surface area contributed by atoms with Crippen LogP contribution in [-0.4, -0.2) is 51.2 Å². The number of aromatic nitrogens is 4. The molecule has 6 aromatic rings. The quantitative estimate of drug-likeness (QED) is 0.117. The van der Waals surface area contributed by atoms with E-state index in [1.165, 1.54) is 29.0 Å². The summed E-state index contributed by atoms with van der Waals surface area (Å²) in [5.41, 5.74) is 4.24. The summed E-state index contributed by atoms with van der Waals surface area (Å²) in [5, 5.41) is 3.93. The SMILES string of the molecule is CC(=O)N(c1ccncc1)c1ccc(C=CC(=O)NCC(=O)N(C)c2ccc(Cl)c(COc3cccc4c(OCc5ccccn5)cc(C)nc34)c2Cl)cn1. The number of halogens is 2. The Balaban J connectivity index is 1.08. The van der Waals surface area contributed by atoms with Crippen LogP contribution in [0, 0.1) is 6.92 Å². The number of anilines is 3. The molecule has 14 heteroatoms. The Morgan fingerprint density at radius 3 is 2.40 bits per heavy atom. The van der Waals surface area contributed by atoms with E-state index in [-0.39, 0.29) is 24.1 Å². The maximum atomic E-state index is 13.2. The topological polar surface area (TPSA) is 140 Å². The van der Waals surface area contributed by atoms with Crippen LogP contribution in [0.5, 0.6) is 11.5 Å². The van der Waals surface area contributed by atoms with Gasteiger partial charge in [-0.15, -0.1) is 0 Å². The molecule has 0 spiro atoms. The monoisotopic (exact) mass is 775 g/mol. The van der Waals surface area contributed by atoms with Crippen LogP contribution in [0.15, 0.2) is 110 Å². The summed E-state index contributed by atoms with van der Waals surface area (Å²) in [6.07, 6.45) is 9.27. The van der Waals surface area contributed by atoms with E-state index in [1.807, 2.05) is 43.3 Å². The van der Waals surface area contributed by atoms with Crippen molar-refractivity contribution in [3.63, 3.8) is 0 Å². The van der Waals surface area contributed by atoms with Crippen molar-refractivity contribution in [1.82, 2.24) is 25.3 Å². The first-order chi connectivity index (χ1) is 26.6. The fourth-order valence-corrected chi connectivity index (χ4v) is 6.16. The van der Waals surface area contributed by atoms with E-state index in [0.717, 1.165) is 16.8 Å². The lowest BCUT2D eigenvalue weighted by Crippen LogP contribution is -2.37. The molecule has 2 aromatic carbocycles. The van der Waals surface area contributed by atoms with E-state index in [2.05, 4.69) is 20.3 Å². The normalized spacial score (nSPS) is 11.0. The van der Waals surface area contributed by atoms with E-state index in [1.54, 1.807) is 74.2 Å². The highest BCUT2D eigenvalue weighted by Gasteiger charge is 2.20. The van der Waals surface area contributed by atoms with Crippen LogP contribution < -0.4 is 24.6 Å². The molecule has 0 fully saturated rings. The van der Waals surface area contributed by atoms with Gasteiger partial charge < -0.3 is 19.7 Å². The molecule has 0 atom stereocenters. The Hall–Kier alpha value is -6.37. The highest BCUT2D eigenvalue weighted by molar-refractivity contribution is 6.38. The van der Waals surface area contributed by atoms with E-state index in [9.17, 15) is 14.4 Å². The minimum Gasteiger partial charge on any atom is -0.487 e. The van der Waals surface area contributed by atoms with Gasteiger partial charge in [0, 0.05) is 72.6 Å². The Morgan fingerprint density at radius 2 is 1.67 bits per heavy atom. The molecule has 0 bridgehead atoms. The minimum absolute atomic E-state index is 0.0136. The third-order valence-corrected chi connectivity index (χ3v) is 9.12. The maximum absolute atomic E-state index is 13.2. The van der Waals surface area contributed by atoms with Gasteiger partial charge in [-0.05, 0) is 79.2 Å². The predicted octanol–water partition coefficient (Wildman–Crippen LogP) is 7.67. The Bertz CT molecular complexity index is 2360. The van der Waals surface area contributed by atoms with Crippen LogP contribution in [0.1, 0.15) is 29.4 Å². The molecule has 0 saturated carbocycles. The number of pyridine rings is 4. The van der Waals surface area contributed by atoms with Gasteiger partial charge in [0.05, 0.1) is 28.6 Å². The molecule has 3 amide bonds. The third-order valence-electron chi connectivity index (χ3n) is 8.34. The van der Waals surface area contributed by atoms with Gasteiger partial charge >= 0.3 is 0 Å². The van der Waals surface area contributed by atoms with Crippen LogP contribution in [0.3, 0.4) is 0 Å². The molecule has 4 heterocycles. The van der Waals surface area contributed by atoms with Gasteiger partial charge in [0.25, 0.3) is 0 Å². The highest BCUT2D eigenvalue weighted by atomic mass is 35.5. The number of hydrogen-bond donors (Lipinski definition) is 1. The van der Waals surface area contributed by atoms with Gasteiger partial charge in [-0.25, -0.2) is 9.97 Å². The van der Waals surface area contributed by atoms with Crippen molar-refractivity contribution < 1.29 is 23.9 Å². The number of likely N-dealkylation sites (N-methyl/N-ethyl adjacent to an activating group) is 1. The highest BCUT2D eigenvalue weighted by Crippen LogP contribution is 2.37. The van der Waals surface area contributed by atoms with Crippen LogP contribution in [-0.2, 0) is 27.6 Å². The third kappa shape index (κ3) is 9.42. The number of nitrogens with one attached hydrogen (secondary N) is 1. The number of ether oxygens (including phenoxy) is 2. The molecular formula is C41H35Cl2N7O5. The molecule has 4 aromatic heterocycles. The van der Waals surface area contributed by atoms with E-state index in [0.29, 0.717) is 57.0 Å². The zero-order valence-electron chi connectivity index (χ0n) is 30.1. The van der Waals surface area contributed by atoms with Crippen LogP contribution in [0.25, 0.3) is 17.0 Å². The van der Waals surface area contributed by atoms with Gasteiger partial charge in [-0.3, -0.25) is 29.3 Å². The number of nitrogens with zero attached hydrogens (tertiary/aromatic N) is 6. The summed E-state index contributed by atoms with van der Waals surface area (Å²) in [6, 6.07) is 23.1. The smallest absolute Gasteiger partial charge is 0.246 e. The van der Waals surface area contributed by atoms with E-state index >= 15 is 0 Å². The number of rotatable bonds is 13. The van der Waals surface area contributed by atoms with E-state index in [4.69, 9.17) is 37.7 Å². The minimum atomic E-state index is -0.492. The van der Waals surface area contributed by atoms with Crippen molar-refractivity contribution in [3.8, 4) is 11.5 Å². The molecule has 0 unspecified atom stereocenters. The lowest BCUT2D eigenvalue weighted by atomic mass is 10.1. The van der Waals surface area contributed by atoms with Crippen molar-refractivity contribution in [2.45, 2.75) is 27.1 Å². The standard InChI is InChI=1S/C41H35Cl2N7O5/c1-26-21-36(54-24-29-7-4-5-18-45-29)31-8-6-9-35(41(31)48-26)55-25-32-33(42)12-13-34(40(32)43)49(3)39(53)23-47-38(52)15-11-28-10-14-37(46-22-28)50(27(2)51)30-16-19-44-20-17-30/h4-22H,23-25H2,1-3H3,(H,47,52). The van der Waals surface area contributed by atoms with Gasteiger partial charge in [0.2, 0.25) is 17.7 Å². The molecule has 0 aliphatic carbocycles. The van der Waals surface area contributed by atoms with Gasteiger partial charge in [-0.2, -0.15) is 0 Å². The summed E-state index contributed by atoms with van der Waals surface area (Å²) >= 11 is 13.4. The van der Waals surface area contributed by atoms with Gasteiger partial charge in [0.15, 0.2) is 0 Å².